The molecule has 0 amide bonds. The fraction of sp³-hybridized carbons (Fsp3) is 0.357. The highest BCUT2D eigenvalue weighted by Gasteiger charge is 2.50. The van der Waals surface area contributed by atoms with Gasteiger partial charge in [-0.2, -0.15) is 0 Å². The summed E-state index contributed by atoms with van der Waals surface area (Å²) in [6, 6.07) is 15.2. The second-order valence-electron chi connectivity index (χ2n) is 9.06. The van der Waals surface area contributed by atoms with Gasteiger partial charge in [-0.15, -0.1) is 0 Å². The van der Waals surface area contributed by atoms with Crippen LogP contribution in [-0.2, 0) is 22.6 Å². The number of carboxylic acid groups (broad SMARTS) is 2. The molecule has 0 atom stereocenters. The van der Waals surface area contributed by atoms with Crippen LogP contribution >= 0.6 is 0 Å². The molecule has 0 unspecified atom stereocenters. The lowest BCUT2D eigenvalue weighted by atomic mass is 10.0. The maximum Gasteiger partial charge on any atom is 0.328 e. The Morgan fingerprint density at radius 3 is 2.54 bits per heavy atom. The SMILES string of the molecule is C1=C(c2cccc(CNCCOc3cccc4c3OC3(CC3)C4)c2)CCC1.O=C(O)/C=C\C(=O)O. The number of para-hydroxylation sites is 1. The van der Waals surface area contributed by atoms with E-state index in [9.17, 15) is 9.59 Å². The Labute approximate surface area is 205 Å². The van der Waals surface area contributed by atoms with Gasteiger partial charge in [0.05, 0.1) is 0 Å². The summed E-state index contributed by atoms with van der Waals surface area (Å²) in [6.45, 7) is 2.34. The van der Waals surface area contributed by atoms with Gasteiger partial charge in [-0.3, -0.25) is 0 Å². The van der Waals surface area contributed by atoms with Crippen LogP contribution in [0.25, 0.3) is 5.57 Å². The van der Waals surface area contributed by atoms with Crippen molar-refractivity contribution in [2.24, 2.45) is 0 Å². The largest absolute Gasteiger partial charge is 0.488 e. The van der Waals surface area contributed by atoms with Crippen LogP contribution in [-0.4, -0.2) is 40.9 Å². The number of carboxylic acids is 2. The summed E-state index contributed by atoms with van der Waals surface area (Å²) in [6.07, 6.45) is 10.6. The van der Waals surface area contributed by atoms with Crippen molar-refractivity contribution in [2.45, 2.75) is 50.7 Å². The minimum absolute atomic E-state index is 0.111. The summed E-state index contributed by atoms with van der Waals surface area (Å²) in [7, 11) is 0. The Hall–Kier alpha value is -3.58. The number of aliphatic carboxylic acids is 2. The number of allylic oxidation sites excluding steroid dienone is 2. The number of fused-ring (bicyclic) bond motifs is 1. The number of nitrogens with one attached hydrogen (secondary N) is 1. The minimum atomic E-state index is -1.26. The van der Waals surface area contributed by atoms with Crippen molar-refractivity contribution in [1.29, 1.82) is 0 Å². The van der Waals surface area contributed by atoms with Crippen LogP contribution in [0.4, 0.5) is 0 Å². The summed E-state index contributed by atoms with van der Waals surface area (Å²) in [5, 5.41) is 19.1. The Morgan fingerprint density at radius 1 is 1.09 bits per heavy atom. The van der Waals surface area contributed by atoms with Crippen molar-refractivity contribution < 1.29 is 29.3 Å². The van der Waals surface area contributed by atoms with E-state index in [0.29, 0.717) is 18.8 Å². The number of hydrogen-bond acceptors (Lipinski definition) is 5. The molecule has 1 heterocycles. The van der Waals surface area contributed by atoms with Gasteiger partial charge in [-0.25, -0.2) is 9.59 Å². The average molecular weight is 478 g/mol. The normalized spacial score (nSPS) is 16.7. The second kappa shape index (κ2) is 11.2. The van der Waals surface area contributed by atoms with E-state index >= 15 is 0 Å². The monoisotopic (exact) mass is 477 g/mol. The highest BCUT2D eigenvalue weighted by Crippen LogP contribution is 2.52. The Morgan fingerprint density at radius 2 is 1.86 bits per heavy atom. The van der Waals surface area contributed by atoms with Crippen molar-refractivity contribution in [3.8, 4) is 11.5 Å². The summed E-state index contributed by atoms with van der Waals surface area (Å²) >= 11 is 0. The van der Waals surface area contributed by atoms with Crippen molar-refractivity contribution in [3.63, 3.8) is 0 Å². The van der Waals surface area contributed by atoms with Gasteiger partial charge in [0.1, 0.15) is 12.2 Å². The first-order valence-corrected chi connectivity index (χ1v) is 12.0. The molecule has 0 saturated heterocycles. The van der Waals surface area contributed by atoms with Crippen molar-refractivity contribution in [3.05, 3.63) is 77.4 Å². The van der Waals surface area contributed by atoms with E-state index in [0.717, 1.165) is 31.0 Å². The number of benzene rings is 2. The van der Waals surface area contributed by atoms with Crippen LogP contribution in [0.1, 0.15) is 48.8 Å². The third-order valence-corrected chi connectivity index (χ3v) is 6.27. The molecule has 7 heteroatoms. The van der Waals surface area contributed by atoms with Crippen molar-refractivity contribution in [1.82, 2.24) is 5.32 Å². The average Bonchev–Trinajstić information content (AvgIpc) is 3.23. The maximum atomic E-state index is 9.55. The smallest absolute Gasteiger partial charge is 0.328 e. The lowest BCUT2D eigenvalue weighted by Gasteiger charge is -2.13. The molecule has 35 heavy (non-hydrogen) atoms. The van der Waals surface area contributed by atoms with E-state index in [1.165, 1.54) is 54.4 Å². The van der Waals surface area contributed by atoms with E-state index in [1.54, 1.807) is 0 Å². The third-order valence-electron chi connectivity index (χ3n) is 6.27. The molecule has 1 aliphatic heterocycles. The highest BCUT2D eigenvalue weighted by molar-refractivity contribution is 5.89. The van der Waals surface area contributed by atoms with Crippen LogP contribution in [0.3, 0.4) is 0 Å². The first-order valence-electron chi connectivity index (χ1n) is 12.0. The lowest BCUT2D eigenvalue weighted by Crippen LogP contribution is -2.21. The van der Waals surface area contributed by atoms with Gasteiger partial charge in [0.15, 0.2) is 11.5 Å². The van der Waals surface area contributed by atoms with E-state index in [-0.39, 0.29) is 5.60 Å². The topological polar surface area (TPSA) is 105 Å². The molecular formula is C28H31NO6. The molecule has 1 fully saturated rings. The zero-order chi connectivity index (χ0) is 24.7. The standard InChI is InChI=1S/C24H27NO2.C4H4O4/c1-2-7-19(6-1)20-8-3-5-18(15-20)17-25-13-14-26-22-10-4-9-21-16-24(11-12-24)27-23(21)22;5-3(6)1-2-4(7)8/h3-6,8-10,15,25H,1-2,7,11-14,16-17H2;1-2H,(H,5,6)(H,7,8)/b;2-1-. The maximum absolute atomic E-state index is 9.55. The van der Waals surface area contributed by atoms with Crippen molar-refractivity contribution >= 4 is 17.5 Å². The van der Waals surface area contributed by atoms with E-state index < -0.39 is 11.9 Å². The van der Waals surface area contributed by atoms with Gasteiger partial charge in [0.2, 0.25) is 0 Å². The van der Waals surface area contributed by atoms with Gasteiger partial charge in [0.25, 0.3) is 0 Å². The zero-order valence-electron chi connectivity index (χ0n) is 19.7. The van der Waals surface area contributed by atoms with Crippen molar-refractivity contribution in [2.75, 3.05) is 13.2 Å². The van der Waals surface area contributed by atoms with Crippen LogP contribution in [0.2, 0.25) is 0 Å². The molecule has 2 aliphatic carbocycles. The van der Waals surface area contributed by atoms with Crippen LogP contribution in [0.5, 0.6) is 11.5 Å². The first kappa shape index (κ1) is 24.5. The Balaban J connectivity index is 0.000000314. The minimum Gasteiger partial charge on any atom is -0.488 e. The fourth-order valence-electron chi connectivity index (χ4n) is 4.37. The van der Waals surface area contributed by atoms with E-state index in [4.69, 9.17) is 19.7 Å². The van der Waals surface area contributed by atoms with Crippen LogP contribution in [0.15, 0.2) is 60.7 Å². The van der Waals surface area contributed by atoms with Gasteiger partial charge in [0, 0.05) is 37.2 Å². The molecule has 1 saturated carbocycles. The summed E-state index contributed by atoms with van der Waals surface area (Å²) in [5.41, 5.74) is 5.64. The van der Waals surface area contributed by atoms with Crippen LogP contribution < -0.4 is 14.8 Å². The number of hydrogen-bond donors (Lipinski definition) is 3. The van der Waals surface area contributed by atoms with E-state index in [2.05, 4.69) is 47.8 Å². The first-order chi connectivity index (χ1) is 16.9. The predicted octanol–water partition coefficient (Wildman–Crippen LogP) is 4.60. The Kier molecular flexibility index (Phi) is 7.87. The lowest BCUT2D eigenvalue weighted by molar-refractivity contribution is -0.134. The molecule has 2 aromatic carbocycles. The molecule has 3 aliphatic rings. The summed E-state index contributed by atoms with van der Waals surface area (Å²) in [5.74, 6) is -0.638. The van der Waals surface area contributed by atoms with Gasteiger partial charge in [-0.05, 0) is 54.9 Å². The number of carbonyl (C=O) groups is 2. The number of rotatable bonds is 9. The molecule has 1 spiro atoms. The molecule has 3 N–H and O–H groups in total. The molecule has 0 bridgehead atoms. The highest BCUT2D eigenvalue weighted by atomic mass is 16.5. The molecule has 0 radical (unpaired) electrons. The predicted molar refractivity (Wildman–Crippen MR) is 133 cm³/mol. The molecule has 184 valence electrons. The molecule has 5 rings (SSSR count). The number of ether oxygens (including phenoxy) is 2. The molecule has 7 nitrogen and oxygen atoms in total. The van der Waals surface area contributed by atoms with Gasteiger partial charge >= 0.3 is 11.9 Å². The zero-order valence-corrected chi connectivity index (χ0v) is 19.7. The van der Waals surface area contributed by atoms with Crippen LogP contribution in [0, 0.1) is 0 Å². The van der Waals surface area contributed by atoms with E-state index in [1.807, 2.05) is 6.07 Å². The molecule has 0 aromatic heterocycles. The second-order valence-corrected chi connectivity index (χ2v) is 9.06. The Bertz CT molecular complexity index is 1120. The quantitative estimate of drug-likeness (QED) is 0.358. The fourth-order valence-corrected chi connectivity index (χ4v) is 4.37. The third kappa shape index (κ3) is 6.96. The molecular weight excluding hydrogens is 446 g/mol. The van der Waals surface area contributed by atoms with Gasteiger partial charge < -0.3 is 25.0 Å². The summed E-state index contributed by atoms with van der Waals surface area (Å²) in [4.78, 5) is 19.1. The van der Waals surface area contributed by atoms with Gasteiger partial charge in [-0.1, -0.05) is 42.5 Å². The molecule has 2 aromatic rings. The summed E-state index contributed by atoms with van der Waals surface area (Å²) < 4.78 is 12.2.